The standard InChI is InChI=1S/C47H78O10/c1-3-5-7-9-11-13-15-17-19-20-22-23-25-27-29-31-33-35-42(49)54-38-40(39-55-47-46(53)45(52)44(51)41(37-48)57-47)56-43(50)36-34-32-30-28-26-24-21-18-16-14-12-10-8-6-4-2/h12,14,17-19,21-23,26-29,40-41,44-48,51-53H,3-11,13,15-16,20,24-25,30-39H2,1-2H3/b14-12+,19-17+,21-18+,23-22+,28-26+,29-27+/t40-,41-,44+,45?,46?,47-/m0/s1. The summed E-state index contributed by atoms with van der Waals surface area (Å²) in [6.07, 6.45) is 39.2. The zero-order valence-corrected chi connectivity index (χ0v) is 35.3. The molecule has 0 saturated carbocycles. The van der Waals surface area contributed by atoms with Crippen molar-refractivity contribution in [2.24, 2.45) is 0 Å². The van der Waals surface area contributed by atoms with E-state index in [-0.39, 0.29) is 26.1 Å². The highest BCUT2D eigenvalue weighted by molar-refractivity contribution is 5.70. The van der Waals surface area contributed by atoms with Crippen molar-refractivity contribution in [3.05, 3.63) is 72.9 Å². The molecule has 326 valence electrons. The van der Waals surface area contributed by atoms with Gasteiger partial charge in [-0.05, 0) is 83.5 Å². The van der Waals surface area contributed by atoms with Crippen LogP contribution in [0.5, 0.6) is 0 Å². The van der Waals surface area contributed by atoms with Crippen LogP contribution in [0.25, 0.3) is 0 Å². The molecule has 6 atom stereocenters. The molecule has 4 N–H and O–H groups in total. The Kier molecular flexibility index (Phi) is 34.2. The van der Waals surface area contributed by atoms with Gasteiger partial charge < -0.3 is 39.4 Å². The first-order valence-electron chi connectivity index (χ1n) is 22.0. The van der Waals surface area contributed by atoms with Gasteiger partial charge in [-0.15, -0.1) is 0 Å². The number of carbonyl (C=O) groups is 2. The summed E-state index contributed by atoms with van der Waals surface area (Å²) in [4.78, 5) is 25.3. The van der Waals surface area contributed by atoms with Gasteiger partial charge in [0.25, 0.3) is 0 Å². The van der Waals surface area contributed by atoms with Gasteiger partial charge in [0.15, 0.2) is 12.4 Å². The topological polar surface area (TPSA) is 152 Å². The lowest BCUT2D eigenvalue weighted by Gasteiger charge is -2.39. The lowest BCUT2D eigenvalue weighted by molar-refractivity contribution is -0.305. The minimum atomic E-state index is -1.61. The van der Waals surface area contributed by atoms with Crippen molar-refractivity contribution in [3.8, 4) is 0 Å². The van der Waals surface area contributed by atoms with Crippen LogP contribution in [0.3, 0.4) is 0 Å². The fraction of sp³-hybridized carbons (Fsp3) is 0.702. The molecule has 0 aromatic carbocycles. The summed E-state index contributed by atoms with van der Waals surface area (Å²) in [5.41, 5.74) is 0. The van der Waals surface area contributed by atoms with E-state index < -0.39 is 55.4 Å². The van der Waals surface area contributed by atoms with Gasteiger partial charge >= 0.3 is 11.9 Å². The number of carbonyl (C=O) groups excluding carboxylic acids is 2. The smallest absolute Gasteiger partial charge is 0.306 e. The van der Waals surface area contributed by atoms with Crippen LogP contribution in [0.15, 0.2) is 72.9 Å². The summed E-state index contributed by atoms with van der Waals surface area (Å²) in [7, 11) is 0. The molecule has 0 bridgehead atoms. The fourth-order valence-corrected chi connectivity index (χ4v) is 6.03. The van der Waals surface area contributed by atoms with Gasteiger partial charge in [-0.2, -0.15) is 0 Å². The molecule has 0 radical (unpaired) electrons. The van der Waals surface area contributed by atoms with Crippen molar-refractivity contribution in [2.45, 2.75) is 192 Å². The van der Waals surface area contributed by atoms with Gasteiger partial charge in [-0.1, -0.05) is 132 Å². The Balaban J connectivity index is 2.42. The van der Waals surface area contributed by atoms with Crippen LogP contribution < -0.4 is 0 Å². The Morgan fingerprint density at radius 1 is 0.544 bits per heavy atom. The fourth-order valence-electron chi connectivity index (χ4n) is 6.03. The molecule has 0 aliphatic carbocycles. The third-order valence-corrected chi connectivity index (χ3v) is 9.56. The van der Waals surface area contributed by atoms with E-state index in [4.69, 9.17) is 18.9 Å². The molecule has 10 nitrogen and oxygen atoms in total. The maximum Gasteiger partial charge on any atom is 0.306 e. The number of aliphatic hydroxyl groups is 4. The third-order valence-electron chi connectivity index (χ3n) is 9.56. The predicted molar refractivity (Wildman–Crippen MR) is 228 cm³/mol. The molecular formula is C47H78O10. The van der Waals surface area contributed by atoms with Gasteiger partial charge in [0.1, 0.15) is 31.0 Å². The van der Waals surface area contributed by atoms with E-state index in [1.165, 1.54) is 57.8 Å². The molecule has 10 heteroatoms. The number of allylic oxidation sites excluding steroid dienone is 12. The molecule has 57 heavy (non-hydrogen) atoms. The van der Waals surface area contributed by atoms with Crippen LogP contribution in [0.2, 0.25) is 0 Å². The molecule has 1 saturated heterocycles. The zero-order valence-electron chi connectivity index (χ0n) is 35.3. The van der Waals surface area contributed by atoms with E-state index in [0.717, 1.165) is 57.8 Å². The second kappa shape index (κ2) is 37.4. The Morgan fingerprint density at radius 2 is 1.00 bits per heavy atom. The first kappa shape index (κ1) is 52.2. The molecule has 0 spiro atoms. The van der Waals surface area contributed by atoms with E-state index in [9.17, 15) is 30.0 Å². The summed E-state index contributed by atoms with van der Waals surface area (Å²) >= 11 is 0. The average molecular weight is 803 g/mol. The van der Waals surface area contributed by atoms with Crippen molar-refractivity contribution < 1.29 is 49.0 Å². The normalized spacial score (nSPS) is 21.0. The first-order chi connectivity index (χ1) is 27.8. The van der Waals surface area contributed by atoms with Crippen LogP contribution >= 0.6 is 0 Å². The van der Waals surface area contributed by atoms with E-state index in [1.807, 2.05) is 6.08 Å². The Labute approximate surface area is 344 Å². The summed E-state index contributed by atoms with van der Waals surface area (Å²) in [5.74, 6) is -0.920. The van der Waals surface area contributed by atoms with E-state index >= 15 is 0 Å². The molecular weight excluding hydrogens is 725 g/mol. The first-order valence-corrected chi connectivity index (χ1v) is 22.0. The zero-order chi connectivity index (χ0) is 41.6. The number of rotatable bonds is 35. The Morgan fingerprint density at radius 3 is 1.56 bits per heavy atom. The largest absolute Gasteiger partial charge is 0.462 e. The number of esters is 2. The molecule has 0 amide bonds. The van der Waals surface area contributed by atoms with Crippen LogP contribution in [0, 0.1) is 0 Å². The summed E-state index contributed by atoms with van der Waals surface area (Å²) in [6.45, 7) is 3.28. The van der Waals surface area contributed by atoms with Gasteiger partial charge in [0, 0.05) is 12.8 Å². The van der Waals surface area contributed by atoms with Gasteiger partial charge in [0.05, 0.1) is 13.2 Å². The molecule has 1 fully saturated rings. The molecule has 2 unspecified atom stereocenters. The number of aliphatic hydroxyl groups excluding tert-OH is 4. The second-order valence-corrected chi connectivity index (χ2v) is 14.8. The Bertz CT molecular complexity index is 1160. The highest BCUT2D eigenvalue weighted by atomic mass is 16.7. The van der Waals surface area contributed by atoms with Crippen LogP contribution in [-0.4, -0.2) is 89.0 Å². The SMILES string of the molecule is CCCCC/C=C/C/C=C/C/C=C/CCCCC(=O)O[C@@H](COC(=O)CCC/C=C/C/C=C/C/C=C/CCCCCCCC)CO[C@H]1O[C@@H](CO)[C@@H](O)C(O)C1O. The maximum atomic E-state index is 12.7. The van der Waals surface area contributed by atoms with Crippen LogP contribution in [-0.2, 0) is 28.5 Å². The van der Waals surface area contributed by atoms with E-state index in [1.54, 1.807) is 0 Å². The maximum absolute atomic E-state index is 12.7. The number of hydrogen-bond donors (Lipinski definition) is 4. The van der Waals surface area contributed by atoms with Crippen molar-refractivity contribution >= 4 is 11.9 Å². The highest BCUT2D eigenvalue weighted by Crippen LogP contribution is 2.22. The van der Waals surface area contributed by atoms with Gasteiger partial charge in [-0.3, -0.25) is 9.59 Å². The molecule has 1 aliphatic heterocycles. The van der Waals surface area contributed by atoms with Crippen molar-refractivity contribution in [2.75, 3.05) is 19.8 Å². The lowest BCUT2D eigenvalue weighted by Crippen LogP contribution is -2.59. The molecule has 1 rings (SSSR count). The average Bonchev–Trinajstić information content (AvgIpc) is 3.21. The molecule has 0 aromatic rings. The summed E-state index contributed by atoms with van der Waals surface area (Å²) < 4.78 is 22.0. The van der Waals surface area contributed by atoms with E-state index in [0.29, 0.717) is 12.8 Å². The predicted octanol–water partition coefficient (Wildman–Crippen LogP) is 9.22. The molecule has 1 aliphatic rings. The van der Waals surface area contributed by atoms with Crippen molar-refractivity contribution in [1.82, 2.24) is 0 Å². The number of unbranched alkanes of at least 4 members (excludes halogenated alkanes) is 12. The lowest BCUT2D eigenvalue weighted by atomic mass is 9.99. The quantitative estimate of drug-likeness (QED) is 0.0277. The van der Waals surface area contributed by atoms with Crippen molar-refractivity contribution in [3.63, 3.8) is 0 Å². The summed E-state index contributed by atoms with van der Waals surface area (Å²) in [5, 5.41) is 40.0. The van der Waals surface area contributed by atoms with Crippen LogP contribution in [0.4, 0.5) is 0 Å². The second-order valence-electron chi connectivity index (χ2n) is 14.8. The van der Waals surface area contributed by atoms with Gasteiger partial charge in [-0.25, -0.2) is 0 Å². The Hall–Kier alpha value is -2.86. The minimum absolute atomic E-state index is 0.167. The highest BCUT2D eigenvalue weighted by Gasteiger charge is 2.44. The minimum Gasteiger partial charge on any atom is -0.462 e. The van der Waals surface area contributed by atoms with E-state index in [2.05, 4.69) is 80.7 Å². The molecule has 1 heterocycles. The summed E-state index contributed by atoms with van der Waals surface area (Å²) in [6, 6.07) is 0. The molecule has 0 aromatic heterocycles. The number of ether oxygens (including phenoxy) is 4. The monoisotopic (exact) mass is 803 g/mol. The van der Waals surface area contributed by atoms with Gasteiger partial charge in [0.2, 0.25) is 0 Å². The van der Waals surface area contributed by atoms with Crippen molar-refractivity contribution in [1.29, 1.82) is 0 Å². The van der Waals surface area contributed by atoms with Crippen LogP contribution in [0.1, 0.15) is 155 Å². The third kappa shape index (κ3) is 29.1. The number of hydrogen-bond acceptors (Lipinski definition) is 10.